The Kier molecular flexibility index (Phi) is 5.40. The zero-order chi connectivity index (χ0) is 25.6. The second kappa shape index (κ2) is 8.46. The molecule has 0 unspecified atom stereocenters. The number of pyridine rings is 2. The monoisotopic (exact) mass is 481 g/mol. The van der Waals surface area contributed by atoms with E-state index in [1.807, 2.05) is 13.0 Å². The number of imidazole rings is 2. The van der Waals surface area contributed by atoms with Crippen molar-refractivity contribution in [3.63, 3.8) is 0 Å². The smallest absolute Gasteiger partial charge is 0.423 e. The lowest BCUT2D eigenvalue weighted by Crippen LogP contribution is -2.35. The zero-order valence-electron chi connectivity index (χ0n) is 20.2. The molecule has 0 amide bonds. The summed E-state index contributed by atoms with van der Waals surface area (Å²) in [7, 11) is 0. The molecule has 5 aromatic rings. The van der Waals surface area contributed by atoms with Crippen molar-refractivity contribution in [1.29, 1.82) is 0 Å². The predicted molar refractivity (Wildman–Crippen MR) is 135 cm³/mol. The van der Waals surface area contributed by atoms with Gasteiger partial charge in [0.25, 0.3) is 0 Å². The Bertz CT molecular complexity index is 1720. The van der Waals surface area contributed by atoms with Crippen molar-refractivity contribution < 1.29 is 9.53 Å². The highest BCUT2D eigenvalue weighted by Crippen LogP contribution is 2.26. The second-order valence-electron chi connectivity index (χ2n) is 9.34. The second-order valence-corrected chi connectivity index (χ2v) is 9.34. The Hall–Kier alpha value is -4.78. The van der Waals surface area contributed by atoms with E-state index in [4.69, 9.17) is 16.3 Å². The molecule has 0 aliphatic rings. The molecule has 0 aliphatic heterocycles. The minimum absolute atomic E-state index is 0.308. The van der Waals surface area contributed by atoms with Crippen molar-refractivity contribution in [2.75, 3.05) is 0 Å². The quantitative estimate of drug-likeness (QED) is 0.341. The Balaban J connectivity index is 1.76. The molecule has 5 rings (SSSR count). The molecule has 0 saturated heterocycles. The zero-order valence-corrected chi connectivity index (χ0v) is 20.2. The molecule has 0 bridgehead atoms. The summed E-state index contributed by atoms with van der Waals surface area (Å²) in [5.41, 5.74) is 1.94. The molecule has 0 N–H and O–H groups in total. The van der Waals surface area contributed by atoms with Crippen LogP contribution < -0.4 is 5.69 Å². The van der Waals surface area contributed by atoms with Crippen LogP contribution in [-0.4, -0.2) is 40.3 Å². The maximum Gasteiger partial charge on any atom is 0.423 e. The molecule has 1 atom stereocenters. The molecule has 1 aromatic carbocycles. The number of hydrogen-bond acceptors (Lipinski definition) is 6. The van der Waals surface area contributed by atoms with Gasteiger partial charge in [0.15, 0.2) is 11.3 Å². The van der Waals surface area contributed by atoms with E-state index in [0.29, 0.717) is 33.7 Å². The van der Waals surface area contributed by atoms with Gasteiger partial charge in [-0.2, -0.15) is 4.57 Å². The van der Waals surface area contributed by atoms with Crippen LogP contribution in [0, 0.1) is 6.57 Å². The number of carbonyl (C=O) groups excluding carboxylic acids is 1. The molecule has 10 nitrogen and oxygen atoms in total. The van der Waals surface area contributed by atoms with Crippen molar-refractivity contribution in [2.45, 2.75) is 39.3 Å². The highest BCUT2D eigenvalue weighted by atomic mass is 16.6. The lowest BCUT2D eigenvalue weighted by atomic mass is 10.1. The first-order valence-corrected chi connectivity index (χ1v) is 11.3. The number of ether oxygens (including phenoxy) is 1. The van der Waals surface area contributed by atoms with Crippen LogP contribution in [0.2, 0.25) is 0 Å². The van der Waals surface area contributed by atoms with Gasteiger partial charge >= 0.3 is 11.8 Å². The SMILES string of the molecule is [C-]#[N+]c1ccc2ncn(-c3ccc4c(n3)n([C@H](C)c3cccnc3)c(=O)n4C(=O)OC(C)(C)C)c2c1. The van der Waals surface area contributed by atoms with E-state index in [1.54, 1.807) is 80.5 Å². The van der Waals surface area contributed by atoms with E-state index in [9.17, 15) is 9.59 Å². The molecule has 0 fully saturated rings. The summed E-state index contributed by atoms with van der Waals surface area (Å²) < 4.78 is 9.74. The van der Waals surface area contributed by atoms with E-state index >= 15 is 0 Å². The van der Waals surface area contributed by atoms with Crippen molar-refractivity contribution in [3.8, 4) is 5.82 Å². The third kappa shape index (κ3) is 3.90. The Labute approximate surface area is 206 Å². The normalized spacial score (nSPS) is 12.5. The van der Waals surface area contributed by atoms with Crippen molar-refractivity contribution in [2.24, 2.45) is 0 Å². The minimum atomic E-state index is -0.788. The van der Waals surface area contributed by atoms with Crippen LogP contribution in [0.4, 0.5) is 10.5 Å². The summed E-state index contributed by atoms with van der Waals surface area (Å²) >= 11 is 0. The lowest BCUT2D eigenvalue weighted by molar-refractivity contribution is 0.0537. The number of rotatable bonds is 3. The van der Waals surface area contributed by atoms with Gasteiger partial charge in [0.05, 0.1) is 23.6 Å². The fourth-order valence-electron chi connectivity index (χ4n) is 4.07. The van der Waals surface area contributed by atoms with Gasteiger partial charge < -0.3 is 4.74 Å². The van der Waals surface area contributed by atoms with E-state index < -0.39 is 23.4 Å². The molecule has 0 saturated carbocycles. The summed E-state index contributed by atoms with van der Waals surface area (Å²) in [6.07, 6.45) is 4.16. The van der Waals surface area contributed by atoms with Crippen LogP contribution in [0.15, 0.2) is 66.0 Å². The number of benzene rings is 1. The molecule has 0 radical (unpaired) electrons. The maximum atomic E-state index is 13.6. The Morgan fingerprint density at radius 1 is 1.14 bits per heavy atom. The van der Waals surface area contributed by atoms with Crippen LogP contribution in [0.5, 0.6) is 0 Å². The average Bonchev–Trinajstić information content (AvgIpc) is 3.40. The van der Waals surface area contributed by atoms with Gasteiger partial charge in [-0.05, 0) is 63.6 Å². The fraction of sp³-hybridized carbons (Fsp3) is 0.231. The lowest BCUT2D eigenvalue weighted by Gasteiger charge is -2.19. The maximum absolute atomic E-state index is 13.6. The molecule has 180 valence electrons. The summed E-state index contributed by atoms with van der Waals surface area (Å²) in [6, 6.07) is 11.8. The third-order valence-electron chi connectivity index (χ3n) is 5.74. The summed E-state index contributed by atoms with van der Waals surface area (Å²) in [5, 5.41) is 0. The van der Waals surface area contributed by atoms with Gasteiger partial charge in [-0.15, -0.1) is 0 Å². The number of hydrogen-bond donors (Lipinski definition) is 0. The highest BCUT2D eigenvalue weighted by Gasteiger charge is 2.27. The molecular formula is C26H23N7O3. The van der Waals surface area contributed by atoms with Crippen LogP contribution in [0.1, 0.15) is 39.3 Å². The predicted octanol–water partition coefficient (Wildman–Crippen LogP) is 4.88. The number of aromatic nitrogens is 6. The molecule has 4 aromatic heterocycles. The van der Waals surface area contributed by atoms with Crippen LogP contribution in [-0.2, 0) is 4.74 Å². The first-order valence-electron chi connectivity index (χ1n) is 11.3. The van der Waals surface area contributed by atoms with E-state index in [2.05, 4.69) is 14.8 Å². The van der Waals surface area contributed by atoms with Gasteiger partial charge in [0.1, 0.15) is 23.3 Å². The summed E-state index contributed by atoms with van der Waals surface area (Å²) in [6.45, 7) is 14.4. The Morgan fingerprint density at radius 3 is 2.64 bits per heavy atom. The number of fused-ring (bicyclic) bond motifs is 2. The van der Waals surface area contributed by atoms with Crippen LogP contribution >= 0.6 is 0 Å². The molecule has 0 aliphatic carbocycles. The standard InChI is InChI=1S/C26H23N7O3/c1-16(17-7-6-12-28-14-17)32-23-20(33(24(32)34)25(35)36-26(2,3)4)10-11-22(30-23)31-15-29-19-9-8-18(27-5)13-21(19)31/h6-16H,1-4H3/t16-/m1/s1. The van der Waals surface area contributed by atoms with Gasteiger partial charge in [-0.1, -0.05) is 12.1 Å². The van der Waals surface area contributed by atoms with Gasteiger partial charge in [-0.3, -0.25) is 14.1 Å². The topological polar surface area (TPSA) is 101 Å². The van der Waals surface area contributed by atoms with Crippen molar-refractivity contribution in [3.05, 3.63) is 88.7 Å². The van der Waals surface area contributed by atoms with Crippen molar-refractivity contribution >= 4 is 34.0 Å². The largest absolute Gasteiger partial charge is 0.443 e. The Morgan fingerprint density at radius 2 is 1.94 bits per heavy atom. The van der Waals surface area contributed by atoms with E-state index in [0.717, 1.165) is 10.1 Å². The first kappa shape index (κ1) is 23.0. The first-order chi connectivity index (χ1) is 17.2. The van der Waals surface area contributed by atoms with E-state index in [-0.39, 0.29) is 0 Å². The van der Waals surface area contributed by atoms with E-state index in [1.165, 1.54) is 4.57 Å². The van der Waals surface area contributed by atoms with Crippen LogP contribution in [0.3, 0.4) is 0 Å². The summed E-state index contributed by atoms with van der Waals surface area (Å²) in [4.78, 5) is 43.6. The highest BCUT2D eigenvalue weighted by molar-refractivity contribution is 5.86. The molecule has 4 heterocycles. The number of nitrogens with zero attached hydrogens (tertiary/aromatic N) is 7. The van der Waals surface area contributed by atoms with Gasteiger partial charge in [0.2, 0.25) is 0 Å². The van der Waals surface area contributed by atoms with Gasteiger partial charge in [0, 0.05) is 12.4 Å². The minimum Gasteiger partial charge on any atom is -0.443 e. The number of carbonyl (C=O) groups is 1. The fourth-order valence-corrected chi connectivity index (χ4v) is 4.07. The summed E-state index contributed by atoms with van der Waals surface area (Å²) in [5.74, 6) is 0.487. The van der Waals surface area contributed by atoms with Crippen LogP contribution in [0.25, 0.3) is 32.9 Å². The molecule has 0 spiro atoms. The molecule has 10 heteroatoms. The molecular weight excluding hydrogens is 458 g/mol. The third-order valence-corrected chi connectivity index (χ3v) is 5.74. The van der Waals surface area contributed by atoms with Crippen molar-refractivity contribution in [1.82, 2.24) is 28.7 Å². The van der Waals surface area contributed by atoms with Gasteiger partial charge in [-0.25, -0.2) is 24.4 Å². The molecule has 36 heavy (non-hydrogen) atoms. The average molecular weight is 482 g/mol.